The first-order chi connectivity index (χ1) is 19.0. The monoisotopic (exact) mass is 702 g/mol. The predicted octanol–water partition coefficient (Wildman–Crippen LogP) is 8.27. The van der Waals surface area contributed by atoms with Crippen molar-refractivity contribution in [3.05, 3.63) is 113 Å². The fourth-order valence-electron chi connectivity index (χ4n) is 5.27. The summed E-state index contributed by atoms with van der Waals surface area (Å²) in [6.45, 7) is 9.32. The molecule has 0 atom stereocenters. The Labute approximate surface area is 249 Å². The van der Waals surface area contributed by atoms with Gasteiger partial charge in [-0.05, 0) is 47.6 Å². The summed E-state index contributed by atoms with van der Waals surface area (Å²) < 4.78 is 6.06. The van der Waals surface area contributed by atoms with Crippen molar-refractivity contribution in [2.24, 2.45) is 5.92 Å². The van der Waals surface area contributed by atoms with E-state index in [9.17, 15) is 0 Å². The van der Waals surface area contributed by atoms with E-state index in [0.717, 1.165) is 56.8 Å². The first-order valence-electron chi connectivity index (χ1n) is 13.5. The summed E-state index contributed by atoms with van der Waals surface area (Å²) >= 11 is 0. The third-order valence-corrected chi connectivity index (χ3v) is 7.08. The van der Waals surface area contributed by atoms with Crippen LogP contribution in [0.25, 0.3) is 44.5 Å². The number of aromatic nitrogens is 3. The molecule has 7 rings (SSSR count). The van der Waals surface area contributed by atoms with Gasteiger partial charge in [-0.25, -0.2) is 0 Å². The predicted molar refractivity (Wildman–Crippen MR) is 159 cm³/mol. The topological polar surface area (TPSA) is 49.1 Å². The van der Waals surface area contributed by atoms with E-state index < -0.39 is 0 Å². The Morgan fingerprint density at radius 3 is 2.55 bits per heavy atom. The Balaban J connectivity index is 0.000000174. The molecule has 1 radical (unpaired) electrons. The van der Waals surface area contributed by atoms with Gasteiger partial charge in [-0.2, -0.15) is 0 Å². The van der Waals surface area contributed by atoms with Gasteiger partial charge in [0.05, 0.1) is 12.1 Å². The van der Waals surface area contributed by atoms with Crippen LogP contribution in [0.5, 0.6) is 5.75 Å². The molecule has 4 heterocycles. The Kier molecular flexibility index (Phi) is 8.16. The second-order valence-corrected chi connectivity index (χ2v) is 10.6. The molecule has 5 heteroatoms. The smallest absolute Gasteiger partial charge is 0.104 e. The van der Waals surface area contributed by atoms with Gasteiger partial charge in [-0.3, -0.25) is 9.97 Å². The second-order valence-electron chi connectivity index (χ2n) is 10.6. The fourth-order valence-corrected chi connectivity index (χ4v) is 5.27. The van der Waals surface area contributed by atoms with Crippen LogP contribution in [0.4, 0.5) is 0 Å². The summed E-state index contributed by atoms with van der Waals surface area (Å²) in [5.74, 6) is 1.50. The van der Waals surface area contributed by atoms with Crippen LogP contribution in [0, 0.1) is 25.8 Å². The van der Waals surface area contributed by atoms with Crippen molar-refractivity contribution in [2.45, 2.75) is 40.7 Å². The average molecular weight is 702 g/mol. The van der Waals surface area contributed by atoms with E-state index in [4.69, 9.17) is 9.72 Å². The summed E-state index contributed by atoms with van der Waals surface area (Å²) in [6, 6.07) is 30.2. The van der Waals surface area contributed by atoms with Crippen LogP contribution in [-0.2, 0) is 33.1 Å². The van der Waals surface area contributed by atoms with E-state index >= 15 is 0 Å². The van der Waals surface area contributed by atoms with Gasteiger partial charge >= 0.3 is 0 Å². The number of aryl methyl sites for hydroxylation is 2. The van der Waals surface area contributed by atoms with Gasteiger partial charge in [0.15, 0.2) is 0 Å². The molecule has 0 amide bonds. The first kappa shape index (κ1) is 27.8. The summed E-state index contributed by atoms with van der Waals surface area (Å²) in [6.07, 6.45) is 2.84. The molecule has 0 N–H and O–H groups in total. The molecule has 3 aromatic heterocycles. The zero-order valence-corrected chi connectivity index (χ0v) is 25.6. The number of hydrogen-bond acceptors (Lipinski definition) is 3. The van der Waals surface area contributed by atoms with Crippen LogP contribution >= 0.6 is 0 Å². The summed E-state index contributed by atoms with van der Waals surface area (Å²) in [4.78, 5) is 13.8. The van der Waals surface area contributed by atoms with E-state index in [1.807, 2.05) is 36.4 Å². The van der Waals surface area contributed by atoms with Crippen LogP contribution in [0.15, 0.2) is 85.1 Å². The van der Waals surface area contributed by atoms with Crippen molar-refractivity contribution in [1.82, 2.24) is 15.0 Å². The number of para-hydroxylation sites is 1. The largest absolute Gasteiger partial charge is 0.656 e. The first-order valence-corrected chi connectivity index (χ1v) is 13.5. The number of ether oxygens (including phenoxy) is 1. The van der Waals surface area contributed by atoms with E-state index in [-0.39, 0.29) is 20.1 Å². The molecule has 1 aliphatic rings. The minimum atomic E-state index is 0. The average Bonchev–Trinajstić information content (AvgIpc) is 3.37. The minimum Gasteiger partial charge on any atom is -0.656 e. The van der Waals surface area contributed by atoms with Gasteiger partial charge in [0.1, 0.15) is 5.75 Å². The number of rotatable bonds is 3. The quantitative estimate of drug-likeness (QED) is 0.175. The molecule has 0 aliphatic carbocycles. The molecule has 40 heavy (non-hydrogen) atoms. The SMILES string of the molecule is Cc1[c-]c2c(c(C)c1)COc1cc3c(CC(C)C)cccc3nc1-2.[Ir].c1ccc(-c2cc3ccccc3[n-]2)nc1. The Bertz CT molecular complexity index is 1760. The molecule has 0 bridgehead atoms. The summed E-state index contributed by atoms with van der Waals surface area (Å²) in [7, 11) is 0. The van der Waals surface area contributed by atoms with Crippen LogP contribution in [0.3, 0.4) is 0 Å². The van der Waals surface area contributed by atoms with E-state index in [1.165, 1.54) is 22.1 Å². The van der Waals surface area contributed by atoms with Crippen LogP contribution in [0.1, 0.15) is 36.1 Å². The number of nitrogens with zero attached hydrogens (tertiary/aromatic N) is 3. The van der Waals surface area contributed by atoms with Crippen molar-refractivity contribution in [1.29, 1.82) is 0 Å². The van der Waals surface area contributed by atoms with Gasteiger partial charge in [0, 0.05) is 43.1 Å². The Hall–Kier alpha value is -3.79. The molecular weight excluding hydrogens is 671 g/mol. The van der Waals surface area contributed by atoms with Gasteiger partial charge < -0.3 is 9.72 Å². The molecule has 0 saturated carbocycles. The van der Waals surface area contributed by atoms with E-state index in [2.05, 4.69) is 86.2 Å². The second kappa shape index (κ2) is 11.8. The zero-order chi connectivity index (χ0) is 26.9. The van der Waals surface area contributed by atoms with Gasteiger partial charge in [-0.15, -0.1) is 40.0 Å². The van der Waals surface area contributed by atoms with Crippen molar-refractivity contribution < 1.29 is 24.8 Å². The minimum absolute atomic E-state index is 0. The fraction of sp³-hybridized carbons (Fsp3) is 0.200. The maximum absolute atomic E-state index is 6.06. The van der Waals surface area contributed by atoms with Crippen LogP contribution in [0.2, 0.25) is 0 Å². The standard InChI is InChI=1S/C22H22NO.C13H9N2.Ir/c1-13(2)8-16-6-5-7-20-17(16)11-21-22(23-20)18-10-14(3)9-15(4)19(18)12-24-21;1-2-6-11-10(5-1)9-13(15-11)12-7-3-4-8-14-12;/h5-7,9,11,13H,8,12H2,1-4H3;1-9H;/q2*-1;. The Morgan fingerprint density at radius 1 is 0.950 bits per heavy atom. The molecular formula is C35H31IrN3O-2. The molecule has 6 aromatic rings. The molecule has 1 aliphatic heterocycles. The molecule has 203 valence electrons. The number of benzene rings is 3. The van der Waals surface area contributed by atoms with Gasteiger partial charge in [-0.1, -0.05) is 81.8 Å². The third kappa shape index (κ3) is 5.58. The molecule has 0 spiro atoms. The number of fused-ring (bicyclic) bond motifs is 5. The molecule has 4 nitrogen and oxygen atoms in total. The summed E-state index contributed by atoms with van der Waals surface area (Å²) in [5.41, 5.74) is 10.9. The molecule has 0 fully saturated rings. The van der Waals surface area contributed by atoms with Crippen molar-refractivity contribution in [2.75, 3.05) is 0 Å². The Morgan fingerprint density at radius 2 is 1.77 bits per heavy atom. The maximum atomic E-state index is 6.06. The van der Waals surface area contributed by atoms with Gasteiger partial charge in [0.2, 0.25) is 0 Å². The van der Waals surface area contributed by atoms with Crippen molar-refractivity contribution in [3.8, 4) is 28.4 Å². The van der Waals surface area contributed by atoms with E-state index in [0.29, 0.717) is 12.5 Å². The summed E-state index contributed by atoms with van der Waals surface area (Å²) in [5, 5.41) is 2.37. The number of pyridine rings is 2. The molecule has 0 saturated heterocycles. The van der Waals surface area contributed by atoms with Crippen LogP contribution < -0.4 is 9.72 Å². The molecule has 0 unspecified atom stereocenters. The van der Waals surface area contributed by atoms with Crippen molar-refractivity contribution in [3.63, 3.8) is 0 Å². The van der Waals surface area contributed by atoms with Gasteiger partial charge in [0.25, 0.3) is 0 Å². The molecule has 3 aromatic carbocycles. The van der Waals surface area contributed by atoms with E-state index in [1.54, 1.807) is 6.20 Å². The normalized spacial score (nSPS) is 11.7. The number of hydrogen-bond donors (Lipinski definition) is 0. The zero-order valence-electron chi connectivity index (χ0n) is 23.2. The third-order valence-electron chi connectivity index (χ3n) is 7.08. The van der Waals surface area contributed by atoms with Crippen LogP contribution in [-0.4, -0.2) is 9.97 Å². The van der Waals surface area contributed by atoms with Crippen molar-refractivity contribution >= 4 is 21.8 Å². The maximum Gasteiger partial charge on any atom is 0.104 e.